The van der Waals surface area contributed by atoms with Crippen molar-refractivity contribution in [2.45, 2.75) is 26.3 Å². The van der Waals surface area contributed by atoms with Crippen LogP contribution in [0.15, 0.2) is 30.3 Å². The monoisotopic (exact) mass is 288 g/mol. The van der Waals surface area contributed by atoms with Crippen molar-refractivity contribution >= 4 is 22.6 Å². The van der Waals surface area contributed by atoms with Gasteiger partial charge in [0.1, 0.15) is 0 Å². The quantitative estimate of drug-likeness (QED) is 0.854. The summed E-state index contributed by atoms with van der Waals surface area (Å²) in [5, 5.41) is 19.2. The van der Waals surface area contributed by atoms with Crippen molar-refractivity contribution in [1.82, 2.24) is 4.98 Å². The van der Waals surface area contributed by atoms with Crippen molar-refractivity contribution in [1.29, 1.82) is 0 Å². The number of aliphatic hydroxyl groups excluding tert-OH is 1. The van der Waals surface area contributed by atoms with Crippen molar-refractivity contribution in [3.8, 4) is 0 Å². The van der Waals surface area contributed by atoms with Crippen LogP contribution in [0.5, 0.6) is 0 Å². The van der Waals surface area contributed by atoms with Crippen molar-refractivity contribution in [3.05, 3.63) is 36.0 Å². The molecule has 0 saturated heterocycles. The Balaban J connectivity index is 2.60. The standard InChI is InChI=1S/C16H20N2O3/c1-11(2)18(8-5-9-19)15-10-14(16(20)21)17-13-7-4-3-6-12(13)15/h3-4,6-7,10-11,19H,5,8-9H2,1-2H3,(H,20,21). The van der Waals surface area contributed by atoms with Gasteiger partial charge in [0.25, 0.3) is 0 Å². The molecule has 1 aromatic carbocycles. The smallest absolute Gasteiger partial charge is 0.354 e. The minimum atomic E-state index is -1.03. The van der Waals surface area contributed by atoms with Gasteiger partial charge in [-0.2, -0.15) is 0 Å². The van der Waals surface area contributed by atoms with E-state index in [-0.39, 0.29) is 18.3 Å². The molecule has 0 atom stereocenters. The molecule has 5 nitrogen and oxygen atoms in total. The molecule has 2 rings (SSSR count). The van der Waals surface area contributed by atoms with E-state index in [0.717, 1.165) is 11.1 Å². The predicted molar refractivity (Wildman–Crippen MR) is 82.9 cm³/mol. The van der Waals surface area contributed by atoms with Gasteiger partial charge in [0.15, 0.2) is 5.69 Å². The second-order valence-electron chi connectivity index (χ2n) is 5.21. The molecule has 2 aromatic rings. The largest absolute Gasteiger partial charge is 0.477 e. The van der Waals surface area contributed by atoms with E-state index in [9.17, 15) is 9.90 Å². The number of para-hydroxylation sites is 1. The lowest BCUT2D eigenvalue weighted by Crippen LogP contribution is -2.32. The lowest BCUT2D eigenvalue weighted by atomic mass is 10.1. The molecule has 5 heteroatoms. The maximum atomic E-state index is 11.3. The fourth-order valence-corrected chi connectivity index (χ4v) is 2.40. The van der Waals surface area contributed by atoms with Crippen LogP contribution < -0.4 is 4.90 Å². The van der Waals surface area contributed by atoms with Crippen LogP contribution in [-0.2, 0) is 0 Å². The highest BCUT2D eigenvalue weighted by molar-refractivity contribution is 5.97. The number of aliphatic hydroxyl groups is 1. The Morgan fingerprint density at radius 1 is 1.33 bits per heavy atom. The fraction of sp³-hybridized carbons (Fsp3) is 0.375. The zero-order valence-electron chi connectivity index (χ0n) is 12.3. The van der Waals surface area contributed by atoms with E-state index in [2.05, 4.69) is 9.88 Å². The molecule has 2 N–H and O–H groups in total. The van der Waals surface area contributed by atoms with Gasteiger partial charge < -0.3 is 15.1 Å². The molecule has 0 bridgehead atoms. The molecule has 112 valence electrons. The molecule has 0 fully saturated rings. The minimum Gasteiger partial charge on any atom is -0.477 e. The Labute approximate surface area is 123 Å². The highest BCUT2D eigenvalue weighted by atomic mass is 16.4. The molecule has 1 aromatic heterocycles. The van der Waals surface area contributed by atoms with E-state index in [4.69, 9.17) is 5.11 Å². The number of anilines is 1. The number of carbonyl (C=O) groups is 1. The SMILES string of the molecule is CC(C)N(CCCO)c1cc(C(=O)O)nc2ccccc12. The van der Waals surface area contributed by atoms with E-state index >= 15 is 0 Å². The Hall–Kier alpha value is -2.14. The molecule has 0 radical (unpaired) electrons. The molecule has 1 heterocycles. The Morgan fingerprint density at radius 3 is 2.67 bits per heavy atom. The highest BCUT2D eigenvalue weighted by Gasteiger charge is 2.17. The zero-order chi connectivity index (χ0) is 15.4. The molecular formula is C16H20N2O3. The van der Waals surface area contributed by atoms with Crippen LogP contribution in [0, 0.1) is 0 Å². The number of nitrogens with zero attached hydrogens (tertiary/aromatic N) is 2. The minimum absolute atomic E-state index is 0.0401. The molecule has 0 aliphatic rings. The number of rotatable bonds is 6. The summed E-state index contributed by atoms with van der Waals surface area (Å²) in [6.45, 7) is 4.87. The number of carboxylic acid groups (broad SMARTS) is 1. The molecule has 0 unspecified atom stereocenters. The van der Waals surface area contributed by atoms with Crippen LogP contribution in [-0.4, -0.2) is 40.4 Å². The van der Waals surface area contributed by atoms with Crippen LogP contribution >= 0.6 is 0 Å². The number of fused-ring (bicyclic) bond motifs is 1. The van der Waals surface area contributed by atoms with Crippen molar-refractivity contribution in [2.75, 3.05) is 18.1 Å². The van der Waals surface area contributed by atoms with E-state index in [1.807, 2.05) is 38.1 Å². The third-order valence-corrected chi connectivity index (χ3v) is 3.40. The van der Waals surface area contributed by atoms with Crippen LogP contribution in [0.25, 0.3) is 10.9 Å². The molecule has 0 aliphatic carbocycles. The number of aromatic carboxylic acids is 1. The van der Waals surface area contributed by atoms with Gasteiger partial charge in [0, 0.05) is 30.3 Å². The summed E-state index contributed by atoms with van der Waals surface area (Å²) in [5.74, 6) is -1.03. The number of benzene rings is 1. The molecule has 0 spiro atoms. The van der Waals surface area contributed by atoms with Gasteiger partial charge in [-0.3, -0.25) is 0 Å². The summed E-state index contributed by atoms with van der Waals surface area (Å²) in [6, 6.07) is 9.33. The van der Waals surface area contributed by atoms with Crippen molar-refractivity contribution < 1.29 is 15.0 Å². The van der Waals surface area contributed by atoms with Crippen molar-refractivity contribution in [3.63, 3.8) is 0 Å². The molecule has 0 saturated carbocycles. The van der Waals surface area contributed by atoms with E-state index in [0.29, 0.717) is 18.5 Å². The van der Waals surface area contributed by atoms with Crippen LogP contribution in [0.3, 0.4) is 0 Å². The van der Waals surface area contributed by atoms with Crippen LogP contribution in [0.2, 0.25) is 0 Å². The van der Waals surface area contributed by atoms with Crippen molar-refractivity contribution in [2.24, 2.45) is 0 Å². The molecule has 0 amide bonds. The number of carboxylic acids is 1. The normalized spacial score (nSPS) is 11.0. The Kier molecular flexibility index (Phi) is 4.75. The van der Waals surface area contributed by atoms with Gasteiger partial charge in [-0.25, -0.2) is 9.78 Å². The lowest BCUT2D eigenvalue weighted by Gasteiger charge is -2.30. The first-order valence-corrected chi connectivity index (χ1v) is 7.05. The van der Waals surface area contributed by atoms with Gasteiger partial charge in [-0.05, 0) is 32.4 Å². The second kappa shape index (κ2) is 6.54. The Morgan fingerprint density at radius 2 is 2.05 bits per heavy atom. The van der Waals surface area contributed by atoms with E-state index < -0.39 is 5.97 Å². The summed E-state index contributed by atoms with van der Waals surface area (Å²) in [6.07, 6.45) is 0.636. The summed E-state index contributed by atoms with van der Waals surface area (Å²) in [5.41, 5.74) is 1.56. The van der Waals surface area contributed by atoms with E-state index in [1.54, 1.807) is 6.07 Å². The van der Waals surface area contributed by atoms with Crippen LogP contribution in [0.1, 0.15) is 30.8 Å². The number of aromatic nitrogens is 1. The summed E-state index contributed by atoms with van der Waals surface area (Å²) < 4.78 is 0. The third kappa shape index (κ3) is 3.31. The lowest BCUT2D eigenvalue weighted by molar-refractivity contribution is 0.0691. The highest BCUT2D eigenvalue weighted by Crippen LogP contribution is 2.28. The molecule has 21 heavy (non-hydrogen) atoms. The Bertz CT molecular complexity index is 640. The second-order valence-corrected chi connectivity index (χ2v) is 5.21. The van der Waals surface area contributed by atoms with E-state index in [1.165, 1.54) is 0 Å². The first-order valence-electron chi connectivity index (χ1n) is 7.05. The number of hydrogen-bond donors (Lipinski definition) is 2. The summed E-state index contributed by atoms with van der Waals surface area (Å²) >= 11 is 0. The first-order chi connectivity index (χ1) is 10.0. The molecular weight excluding hydrogens is 268 g/mol. The zero-order valence-corrected chi connectivity index (χ0v) is 12.3. The predicted octanol–water partition coefficient (Wildman–Crippen LogP) is 2.53. The first kappa shape index (κ1) is 15.3. The maximum absolute atomic E-state index is 11.3. The van der Waals surface area contributed by atoms with Gasteiger partial charge in [0.2, 0.25) is 0 Å². The van der Waals surface area contributed by atoms with Gasteiger partial charge in [-0.15, -0.1) is 0 Å². The maximum Gasteiger partial charge on any atom is 0.354 e. The molecule has 0 aliphatic heterocycles. The topological polar surface area (TPSA) is 73.7 Å². The fourth-order valence-electron chi connectivity index (χ4n) is 2.40. The average Bonchev–Trinajstić information content (AvgIpc) is 2.46. The summed E-state index contributed by atoms with van der Waals surface area (Å²) in [7, 11) is 0. The number of pyridine rings is 1. The number of hydrogen-bond acceptors (Lipinski definition) is 4. The summed E-state index contributed by atoms with van der Waals surface area (Å²) in [4.78, 5) is 17.6. The van der Waals surface area contributed by atoms with Gasteiger partial charge in [-0.1, -0.05) is 18.2 Å². The third-order valence-electron chi connectivity index (χ3n) is 3.40. The van der Waals surface area contributed by atoms with Gasteiger partial charge in [0.05, 0.1) is 5.52 Å². The van der Waals surface area contributed by atoms with Gasteiger partial charge >= 0.3 is 5.97 Å². The average molecular weight is 288 g/mol. The van der Waals surface area contributed by atoms with Crippen LogP contribution in [0.4, 0.5) is 5.69 Å².